The molecule has 12 heteroatoms. The average molecular weight is 529 g/mol. The summed E-state index contributed by atoms with van der Waals surface area (Å²) < 4.78 is 32.2. The standard InChI is InChI=1S/C26H33FN6O5/c1-6-36-24(34)20-14-29-33-10-9-21(32-22(20)33)30-15(2)19-11-16(27)13-28-23(19)37-18-8-7-17(12-18)31-25(35)38-26(3,4)5/h9-11,13-15,17-18H,6-8,12H2,1-5H3,(H,30,32)(H,31,35)/t15-,17-,18-/m1/s1. The van der Waals surface area contributed by atoms with Crippen LogP contribution in [0.25, 0.3) is 5.65 Å². The molecule has 204 valence electrons. The molecule has 38 heavy (non-hydrogen) atoms. The van der Waals surface area contributed by atoms with Crippen molar-refractivity contribution in [2.45, 2.75) is 77.7 Å². The topological polar surface area (TPSA) is 129 Å². The Morgan fingerprint density at radius 1 is 1.26 bits per heavy atom. The van der Waals surface area contributed by atoms with Gasteiger partial charge in [0.05, 0.1) is 25.0 Å². The van der Waals surface area contributed by atoms with Crippen molar-refractivity contribution in [3.8, 4) is 5.88 Å². The van der Waals surface area contributed by atoms with Gasteiger partial charge in [0, 0.05) is 24.2 Å². The van der Waals surface area contributed by atoms with E-state index in [1.807, 2.05) is 27.7 Å². The van der Waals surface area contributed by atoms with Crippen LogP contribution in [0.2, 0.25) is 0 Å². The predicted octanol–water partition coefficient (Wildman–Crippen LogP) is 4.44. The number of pyridine rings is 1. The predicted molar refractivity (Wildman–Crippen MR) is 137 cm³/mol. The molecule has 0 saturated heterocycles. The first-order valence-corrected chi connectivity index (χ1v) is 12.6. The van der Waals surface area contributed by atoms with Crippen LogP contribution in [0.5, 0.6) is 5.88 Å². The second-order valence-electron chi connectivity index (χ2n) is 10.2. The Morgan fingerprint density at radius 2 is 2.05 bits per heavy atom. The highest BCUT2D eigenvalue weighted by molar-refractivity contribution is 5.95. The molecule has 3 aromatic heterocycles. The van der Waals surface area contributed by atoms with Crippen LogP contribution in [0, 0.1) is 5.82 Å². The number of anilines is 1. The van der Waals surface area contributed by atoms with E-state index >= 15 is 0 Å². The number of nitrogens with zero attached hydrogens (tertiary/aromatic N) is 4. The summed E-state index contributed by atoms with van der Waals surface area (Å²) in [6.07, 6.45) is 5.53. The van der Waals surface area contributed by atoms with E-state index in [4.69, 9.17) is 14.2 Å². The van der Waals surface area contributed by atoms with E-state index < -0.39 is 29.5 Å². The monoisotopic (exact) mass is 528 g/mol. The molecule has 2 N–H and O–H groups in total. The van der Waals surface area contributed by atoms with Crippen molar-refractivity contribution < 1.29 is 28.2 Å². The Hall–Kier alpha value is -3.96. The number of halogens is 1. The van der Waals surface area contributed by atoms with Gasteiger partial charge in [-0.2, -0.15) is 5.10 Å². The molecule has 4 rings (SSSR count). The van der Waals surface area contributed by atoms with Gasteiger partial charge in [-0.3, -0.25) is 0 Å². The number of fused-ring (bicyclic) bond motifs is 1. The minimum Gasteiger partial charge on any atom is -0.474 e. The minimum atomic E-state index is -0.577. The zero-order valence-corrected chi connectivity index (χ0v) is 22.2. The second-order valence-corrected chi connectivity index (χ2v) is 10.2. The lowest BCUT2D eigenvalue weighted by atomic mass is 10.1. The Bertz CT molecular complexity index is 1310. The van der Waals surface area contributed by atoms with E-state index in [-0.39, 0.29) is 24.3 Å². The third-order valence-corrected chi connectivity index (χ3v) is 5.92. The first kappa shape index (κ1) is 27.1. The van der Waals surface area contributed by atoms with Crippen LogP contribution >= 0.6 is 0 Å². The molecule has 1 saturated carbocycles. The molecule has 11 nitrogen and oxygen atoms in total. The van der Waals surface area contributed by atoms with Gasteiger partial charge in [-0.25, -0.2) is 28.5 Å². The van der Waals surface area contributed by atoms with Crippen LogP contribution in [-0.2, 0) is 9.47 Å². The molecule has 0 aliphatic heterocycles. The molecule has 1 aliphatic rings. The quantitative estimate of drug-likeness (QED) is 0.408. The van der Waals surface area contributed by atoms with E-state index in [1.165, 1.54) is 16.8 Å². The van der Waals surface area contributed by atoms with E-state index in [0.29, 0.717) is 35.8 Å². The van der Waals surface area contributed by atoms with E-state index in [1.54, 1.807) is 19.2 Å². The molecular weight excluding hydrogens is 495 g/mol. The molecule has 3 atom stereocenters. The van der Waals surface area contributed by atoms with Crippen molar-refractivity contribution >= 4 is 23.5 Å². The van der Waals surface area contributed by atoms with Crippen molar-refractivity contribution in [2.24, 2.45) is 0 Å². The number of rotatable bonds is 8. The number of alkyl carbamates (subject to hydrolysis) is 1. The summed E-state index contributed by atoms with van der Waals surface area (Å²) in [5.41, 5.74) is 0.514. The Balaban J connectivity index is 1.45. The molecule has 0 unspecified atom stereocenters. The van der Waals surface area contributed by atoms with Gasteiger partial charge >= 0.3 is 12.1 Å². The van der Waals surface area contributed by atoms with Crippen LogP contribution in [-0.4, -0.2) is 56.0 Å². The maximum atomic E-state index is 14.2. The van der Waals surface area contributed by atoms with Gasteiger partial charge in [-0.1, -0.05) is 0 Å². The van der Waals surface area contributed by atoms with E-state index in [0.717, 1.165) is 12.6 Å². The number of amides is 1. The zero-order chi connectivity index (χ0) is 27.4. The van der Waals surface area contributed by atoms with Crippen LogP contribution in [0.4, 0.5) is 15.0 Å². The molecule has 0 bridgehead atoms. The van der Waals surface area contributed by atoms with Gasteiger partial charge in [0.25, 0.3) is 0 Å². The zero-order valence-electron chi connectivity index (χ0n) is 22.2. The van der Waals surface area contributed by atoms with Crippen molar-refractivity contribution in [1.29, 1.82) is 0 Å². The number of hydrogen-bond donors (Lipinski definition) is 2. The number of aromatic nitrogens is 4. The van der Waals surface area contributed by atoms with Gasteiger partial charge in [-0.05, 0) is 59.6 Å². The molecule has 0 aromatic carbocycles. The largest absolute Gasteiger partial charge is 0.474 e. The van der Waals surface area contributed by atoms with Gasteiger partial charge in [-0.15, -0.1) is 0 Å². The fourth-order valence-electron chi connectivity index (χ4n) is 4.26. The summed E-state index contributed by atoms with van der Waals surface area (Å²) in [7, 11) is 0. The molecule has 3 aromatic rings. The van der Waals surface area contributed by atoms with Gasteiger partial charge in [0.1, 0.15) is 28.9 Å². The summed E-state index contributed by atoms with van der Waals surface area (Å²) in [6, 6.07) is 2.54. The number of ether oxygens (including phenoxy) is 3. The molecule has 0 spiro atoms. The van der Waals surface area contributed by atoms with Gasteiger partial charge < -0.3 is 24.8 Å². The SMILES string of the molecule is CCOC(=O)c1cnn2ccc(N[C@H](C)c3cc(F)cnc3O[C@@H]3CC[C@@H](NC(=O)OC(C)(C)C)C3)nc12. The van der Waals surface area contributed by atoms with E-state index in [9.17, 15) is 14.0 Å². The fraction of sp³-hybridized carbons (Fsp3) is 0.500. The number of hydrogen-bond acceptors (Lipinski definition) is 9. The van der Waals surface area contributed by atoms with Crippen molar-refractivity contribution in [1.82, 2.24) is 24.9 Å². The summed E-state index contributed by atoms with van der Waals surface area (Å²) >= 11 is 0. The highest BCUT2D eigenvalue weighted by atomic mass is 19.1. The Kier molecular flexibility index (Phi) is 7.98. The van der Waals surface area contributed by atoms with Crippen molar-refractivity contribution in [3.63, 3.8) is 0 Å². The van der Waals surface area contributed by atoms with Crippen LogP contribution < -0.4 is 15.4 Å². The minimum absolute atomic E-state index is 0.0885. The number of nitrogens with one attached hydrogen (secondary N) is 2. The van der Waals surface area contributed by atoms with Gasteiger partial charge in [0.2, 0.25) is 5.88 Å². The summed E-state index contributed by atoms with van der Waals surface area (Å²) in [5.74, 6) is -0.261. The highest BCUT2D eigenvalue weighted by Gasteiger charge is 2.30. The first-order valence-electron chi connectivity index (χ1n) is 12.6. The van der Waals surface area contributed by atoms with Gasteiger partial charge in [0.15, 0.2) is 5.65 Å². The molecule has 3 heterocycles. The summed E-state index contributed by atoms with van der Waals surface area (Å²) in [4.78, 5) is 33.0. The molecular formula is C26H33FN6O5. The molecule has 0 radical (unpaired) electrons. The van der Waals surface area contributed by atoms with Crippen LogP contribution in [0.3, 0.4) is 0 Å². The lowest BCUT2D eigenvalue weighted by molar-refractivity contribution is 0.0498. The van der Waals surface area contributed by atoms with Crippen LogP contribution in [0.1, 0.15) is 75.8 Å². The Morgan fingerprint density at radius 3 is 2.79 bits per heavy atom. The lowest BCUT2D eigenvalue weighted by Gasteiger charge is -2.22. The van der Waals surface area contributed by atoms with Crippen molar-refractivity contribution in [3.05, 3.63) is 47.7 Å². The number of esters is 1. The summed E-state index contributed by atoms with van der Waals surface area (Å²) in [5, 5.41) is 10.2. The average Bonchev–Trinajstić information content (AvgIpc) is 3.45. The first-order chi connectivity index (χ1) is 18.0. The molecule has 1 amide bonds. The maximum absolute atomic E-state index is 14.2. The van der Waals surface area contributed by atoms with Crippen molar-refractivity contribution in [2.75, 3.05) is 11.9 Å². The molecule has 1 fully saturated rings. The third-order valence-electron chi connectivity index (χ3n) is 5.92. The smallest absolute Gasteiger partial charge is 0.407 e. The lowest BCUT2D eigenvalue weighted by Crippen LogP contribution is -2.38. The molecule has 1 aliphatic carbocycles. The third kappa shape index (κ3) is 6.67. The normalized spacial score (nSPS) is 18.2. The van der Waals surface area contributed by atoms with E-state index in [2.05, 4.69) is 25.7 Å². The second kappa shape index (κ2) is 11.2. The fourth-order valence-corrected chi connectivity index (χ4v) is 4.26. The Labute approximate surface area is 220 Å². The summed E-state index contributed by atoms with van der Waals surface area (Å²) in [6.45, 7) is 9.23. The maximum Gasteiger partial charge on any atom is 0.407 e. The highest BCUT2D eigenvalue weighted by Crippen LogP contribution is 2.31. The van der Waals surface area contributed by atoms with Crippen LogP contribution in [0.15, 0.2) is 30.7 Å². The number of carbonyl (C=O) groups is 2. The number of carbonyl (C=O) groups excluding carboxylic acids is 2.